The van der Waals surface area contributed by atoms with E-state index in [1.54, 1.807) is 31.2 Å². The summed E-state index contributed by atoms with van der Waals surface area (Å²) in [6, 6.07) is 8.78. The van der Waals surface area contributed by atoms with E-state index in [-0.39, 0.29) is 33.2 Å². The maximum Gasteiger partial charge on any atom is 0.244 e. The molecule has 2 rings (SSSR count). The summed E-state index contributed by atoms with van der Waals surface area (Å²) < 4.78 is 31.4. The molecule has 34 heavy (non-hydrogen) atoms. The highest BCUT2D eigenvalue weighted by molar-refractivity contribution is 7.92. The van der Waals surface area contributed by atoms with Crippen LogP contribution in [0.25, 0.3) is 0 Å². The Bertz CT molecular complexity index is 1160. The lowest BCUT2D eigenvalue weighted by molar-refractivity contribution is -0.140. The number of nitrogens with one attached hydrogen (secondary N) is 1. The first-order chi connectivity index (χ1) is 15.9. The van der Waals surface area contributed by atoms with Gasteiger partial charge in [0.05, 0.1) is 34.1 Å². The Kier molecular flexibility index (Phi) is 9.87. The molecule has 0 aromatic heterocycles. The van der Waals surface area contributed by atoms with Crippen LogP contribution in [0.1, 0.15) is 18.9 Å². The van der Waals surface area contributed by atoms with Gasteiger partial charge in [0, 0.05) is 13.6 Å². The van der Waals surface area contributed by atoms with Crippen molar-refractivity contribution in [3.8, 4) is 5.75 Å². The molecule has 0 fully saturated rings. The van der Waals surface area contributed by atoms with Gasteiger partial charge in [-0.2, -0.15) is 0 Å². The number of carbonyl (C=O) groups excluding carboxylic acids is 2. The lowest BCUT2D eigenvalue weighted by Gasteiger charge is -2.32. The van der Waals surface area contributed by atoms with E-state index in [0.29, 0.717) is 17.7 Å². The maximum absolute atomic E-state index is 13.5. The normalized spacial score (nSPS) is 12.1. The van der Waals surface area contributed by atoms with E-state index in [1.807, 2.05) is 0 Å². The van der Waals surface area contributed by atoms with Crippen molar-refractivity contribution in [1.29, 1.82) is 0 Å². The third-order valence-corrected chi connectivity index (χ3v) is 7.21. The quantitative estimate of drug-likeness (QED) is 0.452. The summed E-state index contributed by atoms with van der Waals surface area (Å²) >= 11 is 18.3. The number of methoxy groups -OCH3 is 1. The summed E-state index contributed by atoms with van der Waals surface area (Å²) in [7, 11) is -0.971. The minimum Gasteiger partial charge on any atom is -0.497 e. The van der Waals surface area contributed by atoms with Crippen molar-refractivity contribution in [2.45, 2.75) is 25.9 Å². The van der Waals surface area contributed by atoms with Gasteiger partial charge >= 0.3 is 0 Å². The lowest BCUT2D eigenvalue weighted by Crippen LogP contribution is -2.51. The van der Waals surface area contributed by atoms with E-state index in [0.717, 1.165) is 10.6 Å². The lowest BCUT2D eigenvalue weighted by atomic mass is 10.1. The fourth-order valence-corrected chi connectivity index (χ4v) is 4.90. The molecule has 0 unspecified atom stereocenters. The first-order valence-electron chi connectivity index (χ1n) is 10.2. The predicted molar refractivity (Wildman–Crippen MR) is 135 cm³/mol. The summed E-state index contributed by atoms with van der Waals surface area (Å²) in [6.45, 7) is 1.21. The average Bonchev–Trinajstić information content (AvgIpc) is 2.78. The third kappa shape index (κ3) is 6.91. The Morgan fingerprint density at radius 2 is 1.74 bits per heavy atom. The Morgan fingerprint density at radius 3 is 2.29 bits per heavy atom. The van der Waals surface area contributed by atoms with Crippen molar-refractivity contribution in [3.05, 3.63) is 57.0 Å². The number of nitrogens with zero attached hydrogens (tertiary/aromatic N) is 2. The standard InChI is InChI=1S/C22H26Cl3N3O5S/c1-5-19(22(30)26-2)27(12-14-7-6-8-15(9-14)33-3)21(29)13-28(34(4,31)32)20-11-17(24)16(23)10-18(20)25/h6-11,19H,5,12-13H2,1-4H3,(H,26,30)/t19-/m0/s1. The second-order valence-corrected chi connectivity index (χ2v) is 10.5. The second kappa shape index (κ2) is 12.0. The van der Waals surface area contributed by atoms with Gasteiger partial charge in [-0.25, -0.2) is 8.42 Å². The van der Waals surface area contributed by atoms with Crippen LogP contribution < -0.4 is 14.4 Å². The number of benzene rings is 2. The van der Waals surface area contributed by atoms with Gasteiger partial charge in [-0.3, -0.25) is 13.9 Å². The molecule has 2 aromatic carbocycles. The van der Waals surface area contributed by atoms with E-state index in [2.05, 4.69) is 5.32 Å². The highest BCUT2D eigenvalue weighted by Gasteiger charge is 2.32. The number of amides is 2. The van der Waals surface area contributed by atoms with E-state index >= 15 is 0 Å². The molecule has 0 saturated heterocycles. The maximum atomic E-state index is 13.5. The molecule has 2 amide bonds. The number of likely N-dealkylation sites (N-methyl/N-ethyl adjacent to an activating group) is 1. The largest absolute Gasteiger partial charge is 0.497 e. The van der Waals surface area contributed by atoms with Gasteiger partial charge in [-0.15, -0.1) is 0 Å². The number of carbonyl (C=O) groups is 2. The molecule has 12 heteroatoms. The number of sulfonamides is 1. The van der Waals surface area contributed by atoms with Crippen molar-refractivity contribution in [1.82, 2.24) is 10.2 Å². The monoisotopic (exact) mass is 549 g/mol. The number of halogens is 3. The zero-order chi connectivity index (χ0) is 25.6. The van der Waals surface area contributed by atoms with Crippen LogP contribution in [0.4, 0.5) is 5.69 Å². The predicted octanol–water partition coefficient (Wildman–Crippen LogP) is 3.97. The Balaban J connectivity index is 2.50. The van der Waals surface area contributed by atoms with Gasteiger partial charge in [-0.05, 0) is 36.2 Å². The van der Waals surface area contributed by atoms with Gasteiger partial charge in [0.25, 0.3) is 0 Å². The topological polar surface area (TPSA) is 96.0 Å². The zero-order valence-corrected chi connectivity index (χ0v) is 22.2. The van der Waals surface area contributed by atoms with Gasteiger partial charge in [-0.1, -0.05) is 53.9 Å². The summed E-state index contributed by atoms with van der Waals surface area (Å²) in [5, 5.41) is 2.78. The van der Waals surface area contributed by atoms with Crippen molar-refractivity contribution < 1.29 is 22.7 Å². The highest BCUT2D eigenvalue weighted by Crippen LogP contribution is 2.35. The summed E-state index contributed by atoms with van der Waals surface area (Å²) in [4.78, 5) is 27.4. The van der Waals surface area contributed by atoms with Gasteiger partial charge in [0.15, 0.2) is 0 Å². The van der Waals surface area contributed by atoms with Gasteiger partial charge in [0.2, 0.25) is 21.8 Å². The fraction of sp³-hybridized carbons (Fsp3) is 0.364. The minimum atomic E-state index is -3.96. The zero-order valence-electron chi connectivity index (χ0n) is 19.1. The first-order valence-corrected chi connectivity index (χ1v) is 13.2. The number of hydrogen-bond donors (Lipinski definition) is 1. The smallest absolute Gasteiger partial charge is 0.244 e. The summed E-state index contributed by atoms with van der Waals surface area (Å²) in [6.07, 6.45) is 1.25. The van der Waals surface area contributed by atoms with Crippen LogP contribution in [0.3, 0.4) is 0 Å². The van der Waals surface area contributed by atoms with E-state index in [1.165, 1.54) is 31.2 Å². The molecule has 1 atom stereocenters. The Labute approximate surface area is 214 Å². The number of hydrogen-bond acceptors (Lipinski definition) is 5. The van der Waals surface area contributed by atoms with Crippen LogP contribution >= 0.6 is 34.8 Å². The summed E-state index contributed by atoms with van der Waals surface area (Å²) in [5.41, 5.74) is 0.703. The van der Waals surface area contributed by atoms with Crippen LogP contribution in [0.5, 0.6) is 5.75 Å². The Hall–Kier alpha value is -2.20. The molecule has 8 nitrogen and oxygen atoms in total. The van der Waals surface area contributed by atoms with Crippen LogP contribution in [0.15, 0.2) is 36.4 Å². The van der Waals surface area contributed by atoms with Gasteiger partial charge in [0.1, 0.15) is 18.3 Å². The van der Waals surface area contributed by atoms with E-state index in [4.69, 9.17) is 39.5 Å². The fourth-order valence-electron chi connectivity index (χ4n) is 3.35. The SMILES string of the molecule is CC[C@@H](C(=O)NC)N(Cc1cccc(OC)c1)C(=O)CN(c1cc(Cl)c(Cl)cc1Cl)S(C)(=O)=O. The molecule has 0 radical (unpaired) electrons. The molecule has 0 aliphatic rings. The molecule has 0 aliphatic carbocycles. The number of rotatable bonds is 10. The molecular formula is C22H26Cl3N3O5S. The molecule has 0 saturated carbocycles. The molecular weight excluding hydrogens is 525 g/mol. The number of ether oxygens (including phenoxy) is 1. The first kappa shape index (κ1) is 28.0. The van der Waals surface area contributed by atoms with Gasteiger partial charge < -0.3 is 15.0 Å². The molecule has 0 heterocycles. The number of anilines is 1. The highest BCUT2D eigenvalue weighted by atomic mass is 35.5. The Morgan fingerprint density at radius 1 is 1.09 bits per heavy atom. The molecule has 1 N–H and O–H groups in total. The van der Waals surface area contributed by atoms with Crippen molar-refractivity contribution in [3.63, 3.8) is 0 Å². The molecule has 0 aliphatic heterocycles. The minimum absolute atomic E-state index is 0.00115. The molecule has 0 spiro atoms. The van der Waals surface area contributed by atoms with Crippen molar-refractivity contribution in [2.75, 3.05) is 31.3 Å². The van der Waals surface area contributed by atoms with E-state index < -0.39 is 28.5 Å². The summed E-state index contributed by atoms with van der Waals surface area (Å²) in [5.74, 6) is -0.402. The van der Waals surface area contributed by atoms with Crippen LogP contribution in [-0.2, 0) is 26.2 Å². The van der Waals surface area contributed by atoms with Crippen LogP contribution in [0, 0.1) is 0 Å². The second-order valence-electron chi connectivity index (χ2n) is 7.40. The third-order valence-electron chi connectivity index (χ3n) is 5.06. The van der Waals surface area contributed by atoms with Crippen LogP contribution in [-0.4, -0.2) is 58.1 Å². The van der Waals surface area contributed by atoms with Crippen LogP contribution in [0.2, 0.25) is 15.1 Å². The molecule has 0 bridgehead atoms. The van der Waals surface area contributed by atoms with E-state index in [9.17, 15) is 18.0 Å². The molecule has 186 valence electrons. The average molecular weight is 551 g/mol. The van der Waals surface area contributed by atoms with Crippen molar-refractivity contribution in [2.24, 2.45) is 0 Å². The van der Waals surface area contributed by atoms with Crippen molar-refractivity contribution >= 4 is 62.3 Å². The molecule has 2 aromatic rings.